The van der Waals surface area contributed by atoms with E-state index in [4.69, 9.17) is 0 Å². The topological polar surface area (TPSA) is 52.7 Å². The lowest BCUT2D eigenvalue weighted by atomic mass is 9.97. The second kappa shape index (κ2) is 11.7. The summed E-state index contributed by atoms with van der Waals surface area (Å²) in [4.78, 5) is 30.2. The minimum atomic E-state index is -0.0891. The maximum absolute atomic E-state index is 13.0. The fourth-order valence-corrected chi connectivity index (χ4v) is 5.25. The first kappa shape index (κ1) is 24.5. The van der Waals surface area contributed by atoms with E-state index in [1.807, 2.05) is 17.0 Å². The molecule has 0 aliphatic carbocycles. The fraction of sp³-hybridized carbons (Fsp3) is 0.517. The van der Waals surface area contributed by atoms with E-state index in [-0.39, 0.29) is 11.8 Å². The third-order valence-electron chi connectivity index (χ3n) is 7.29. The molecule has 1 saturated heterocycles. The molecule has 0 saturated carbocycles. The second-order valence-corrected chi connectivity index (χ2v) is 9.96. The maximum atomic E-state index is 13.0. The van der Waals surface area contributed by atoms with Crippen LogP contribution in [-0.4, -0.2) is 47.3 Å². The summed E-state index contributed by atoms with van der Waals surface area (Å²) in [7, 11) is 0. The van der Waals surface area contributed by atoms with E-state index in [1.165, 1.54) is 50.6 Å². The number of benzene rings is 2. The van der Waals surface area contributed by atoms with Crippen molar-refractivity contribution in [3.63, 3.8) is 0 Å². The normalized spacial score (nSPS) is 18.2. The van der Waals surface area contributed by atoms with Crippen LogP contribution in [-0.2, 0) is 13.1 Å². The van der Waals surface area contributed by atoms with Crippen LogP contribution in [0.25, 0.3) is 0 Å². The van der Waals surface area contributed by atoms with Gasteiger partial charge in [-0.2, -0.15) is 0 Å². The zero-order chi connectivity index (χ0) is 23.9. The maximum Gasteiger partial charge on any atom is 0.254 e. The highest BCUT2D eigenvalue weighted by molar-refractivity contribution is 6.02. The molecule has 2 heterocycles. The molecule has 0 aromatic heterocycles. The van der Waals surface area contributed by atoms with Crippen LogP contribution in [0.2, 0.25) is 0 Å². The summed E-state index contributed by atoms with van der Waals surface area (Å²) in [5.41, 5.74) is 4.56. The molecule has 34 heavy (non-hydrogen) atoms. The van der Waals surface area contributed by atoms with E-state index in [0.717, 1.165) is 30.1 Å². The highest BCUT2D eigenvalue weighted by Crippen LogP contribution is 2.26. The van der Waals surface area contributed by atoms with Crippen molar-refractivity contribution in [1.29, 1.82) is 0 Å². The molecule has 0 spiro atoms. The molecular formula is C29H39N3O2. The molecule has 2 amide bonds. The number of piperidine rings is 1. The Morgan fingerprint density at radius 3 is 2.71 bits per heavy atom. The number of fused-ring (bicyclic) bond motifs is 1. The van der Waals surface area contributed by atoms with Gasteiger partial charge in [0.2, 0.25) is 0 Å². The van der Waals surface area contributed by atoms with E-state index in [2.05, 4.69) is 48.3 Å². The molecule has 2 aliphatic rings. The summed E-state index contributed by atoms with van der Waals surface area (Å²) >= 11 is 0. The number of likely N-dealkylation sites (tertiary alicyclic amines) is 1. The van der Waals surface area contributed by atoms with Gasteiger partial charge in [0, 0.05) is 43.3 Å². The second-order valence-electron chi connectivity index (χ2n) is 9.96. The van der Waals surface area contributed by atoms with Crippen LogP contribution in [0.3, 0.4) is 0 Å². The average molecular weight is 462 g/mol. The number of amides is 2. The van der Waals surface area contributed by atoms with Crippen LogP contribution in [0, 0.1) is 6.92 Å². The van der Waals surface area contributed by atoms with Crippen LogP contribution in [0.4, 0.5) is 0 Å². The minimum Gasteiger partial charge on any atom is -0.352 e. The molecule has 1 atom stereocenters. The molecule has 0 radical (unpaired) electrons. The van der Waals surface area contributed by atoms with Crippen LogP contribution in [0.15, 0.2) is 42.5 Å². The van der Waals surface area contributed by atoms with Crippen molar-refractivity contribution in [1.82, 2.24) is 15.1 Å². The molecular weight excluding hydrogens is 422 g/mol. The molecule has 2 aromatic rings. The van der Waals surface area contributed by atoms with Crippen LogP contribution < -0.4 is 5.32 Å². The molecule has 0 bridgehead atoms. The van der Waals surface area contributed by atoms with Crippen molar-refractivity contribution >= 4 is 11.8 Å². The quantitative estimate of drug-likeness (QED) is 0.488. The third-order valence-corrected chi connectivity index (χ3v) is 7.29. The van der Waals surface area contributed by atoms with Crippen molar-refractivity contribution in [2.75, 3.05) is 19.6 Å². The van der Waals surface area contributed by atoms with Gasteiger partial charge in [0.15, 0.2) is 0 Å². The first-order chi connectivity index (χ1) is 16.5. The summed E-state index contributed by atoms with van der Waals surface area (Å²) in [6.07, 6.45) is 8.77. The summed E-state index contributed by atoms with van der Waals surface area (Å²) < 4.78 is 0. The zero-order valence-electron chi connectivity index (χ0n) is 20.8. The number of hydrogen-bond acceptors (Lipinski definition) is 3. The molecule has 182 valence electrons. The molecule has 5 nitrogen and oxygen atoms in total. The Balaban J connectivity index is 1.27. The fourth-order valence-electron chi connectivity index (χ4n) is 5.25. The van der Waals surface area contributed by atoms with Gasteiger partial charge in [-0.05, 0) is 62.4 Å². The first-order valence-corrected chi connectivity index (χ1v) is 13.0. The highest BCUT2D eigenvalue weighted by atomic mass is 16.2. The number of unbranched alkanes of at least 4 members (excludes halogenated alkanes) is 1. The smallest absolute Gasteiger partial charge is 0.254 e. The Morgan fingerprint density at radius 1 is 1.09 bits per heavy atom. The SMILES string of the molecule is CCCCC1CCCCN1CCCNC(=O)c1ccc2c(c1)C(=O)N(Cc1ccc(C)cc1)C2. The number of nitrogens with zero attached hydrogens (tertiary/aromatic N) is 2. The van der Waals surface area contributed by atoms with Crippen LogP contribution in [0.5, 0.6) is 0 Å². The van der Waals surface area contributed by atoms with Gasteiger partial charge in [0.25, 0.3) is 11.8 Å². The van der Waals surface area contributed by atoms with Crippen molar-refractivity contribution in [2.45, 2.75) is 77.9 Å². The molecule has 2 aromatic carbocycles. The Bertz CT molecular complexity index is 985. The van der Waals surface area contributed by atoms with E-state index in [1.54, 1.807) is 6.07 Å². The lowest BCUT2D eigenvalue weighted by molar-refractivity contribution is 0.0766. The van der Waals surface area contributed by atoms with Gasteiger partial charge in [-0.15, -0.1) is 0 Å². The summed E-state index contributed by atoms with van der Waals surface area (Å²) in [5, 5.41) is 3.07. The lowest BCUT2D eigenvalue weighted by Crippen LogP contribution is -2.41. The number of carbonyl (C=O) groups excluding carboxylic acids is 2. The number of hydrogen-bond donors (Lipinski definition) is 1. The summed E-state index contributed by atoms with van der Waals surface area (Å²) in [6.45, 7) is 8.41. The van der Waals surface area contributed by atoms with Gasteiger partial charge in [0.05, 0.1) is 0 Å². The van der Waals surface area contributed by atoms with Gasteiger partial charge in [0.1, 0.15) is 0 Å². The zero-order valence-corrected chi connectivity index (χ0v) is 20.8. The van der Waals surface area contributed by atoms with Crippen molar-refractivity contribution < 1.29 is 9.59 Å². The molecule has 4 rings (SSSR count). The van der Waals surface area contributed by atoms with Crippen LogP contribution in [0.1, 0.15) is 89.3 Å². The lowest BCUT2D eigenvalue weighted by Gasteiger charge is -2.36. The Labute approximate surface area is 204 Å². The predicted molar refractivity (Wildman–Crippen MR) is 137 cm³/mol. The minimum absolute atomic E-state index is 0.00782. The van der Waals surface area contributed by atoms with Gasteiger partial charge in [-0.3, -0.25) is 9.59 Å². The number of rotatable bonds is 10. The third kappa shape index (κ3) is 6.06. The Morgan fingerprint density at radius 2 is 1.91 bits per heavy atom. The van der Waals surface area contributed by atoms with E-state index >= 15 is 0 Å². The monoisotopic (exact) mass is 461 g/mol. The van der Waals surface area contributed by atoms with E-state index in [0.29, 0.717) is 30.8 Å². The molecule has 2 aliphatic heterocycles. The predicted octanol–water partition coefficient (Wildman–Crippen LogP) is 5.32. The van der Waals surface area contributed by atoms with Crippen molar-refractivity contribution in [3.05, 3.63) is 70.3 Å². The Hall–Kier alpha value is -2.66. The van der Waals surface area contributed by atoms with Gasteiger partial charge in [-0.25, -0.2) is 0 Å². The van der Waals surface area contributed by atoms with Gasteiger partial charge >= 0.3 is 0 Å². The van der Waals surface area contributed by atoms with Crippen LogP contribution >= 0.6 is 0 Å². The summed E-state index contributed by atoms with van der Waals surface area (Å²) in [5.74, 6) is -0.0813. The molecule has 1 N–H and O–H groups in total. The van der Waals surface area contributed by atoms with Gasteiger partial charge < -0.3 is 15.1 Å². The Kier molecular flexibility index (Phi) is 8.39. The molecule has 5 heteroatoms. The van der Waals surface area contributed by atoms with E-state index < -0.39 is 0 Å². The molecule has 1 fully saturated rings. The molecule has 1 unspecified atom stereocenters. The first-order valence-electron chi connectivity index (χ1n) is 13.0. The van der Waals surface area contributed by atoms with Crippen molar-refractivity contribution in [3.8, 4) is 0 Å². The number of nitrogens with one attached hydrogen (secondary N) is 1. The standard InChI is InChI=1S/C29H39N3O2/c1-3-4-8-26-9-5-6-17-31(26)18-7-16-30-28(33)24-14-15-25-21-32(29(34)27(25)19-24)20-23-12-10-22(2)11-13-23/h10-15,19,26H,3-9,16-18,20-21H2,1-2H3,(H,30,33). The average Bonchev–Trinajstić information content (AvgIpc) is 3.16. The van der Waals surface area contributed by atoms with E-state index in [9.17, 15) is 9.59 Å². The largest absolute Gasteiger partial charge is 0.352 e. The van der Waals surface area contributed by atoms with Gasteiger partial charge in [-0.1, -0.05) is 62.1 Å². The summed E-state index contributed by atoms with van der Waals surface area (Å²) in [6, 6.07) is 14.6. The van der Waals surface area contributed by atoms with Crippen molar-refractivity contribution in [2.24, 2.45) is 0 Å². The number of carbonyl (C=O) groups is 2. The number of aryl methyl sites for hydroxylation is 1. The highest BCUT2D eigenvalue weighted by Gasteiger charge is 2.28.